The third-order valence-corrected chi connectivity index (χ3v) is 6.68. The van der Waals surface area contributed by atoms with Crippen molar-refractivity contribution in [3.05, 3.63) is 53.1 Å². The zero-order valence-corrected chi connectivity index (χ0v) is 17.8. The summed E-state index contributed by atoms with van der Waals surface area (Å²) in [6, 6.07) is 10.7. The van der Waals surface area contributed by atoms with E-state index in [4.69, 9.17) is 11.6 Å². The number of rotatable bonds is 7. The van der Waals surface area contributed by atoms with Crippen LogP contribution in [0.5, 0.6) is 0 Å². The molecule has 0 aliphatic carbocycles. The summed E-state index contributed by atoms with van der Waals surface area (Å²) >= 11 is 7.44. The van der Waals surface area contributed by atoms with E-state index < -0.39 is 28.4 Å². The van der Waals surface area contributed by atoms with Crippen molar-refractivity contribution in [1.82, 2.24) is 4.31 Å². The van der Waals surface area contributed by atoms with Gasteiger partial charge in [-0.2, -0.15) is 4.31 Å². The molecule has 1 N–H and O–H groups in total. The van der Waals surface area contributed by atoms with Crippen molar-refractivity contribution in [3.8, 4) is 0 Å². The number of esters is 1. The van der Waals surface area contributed by atoms with Crippen LogP contribution < -0.4 is 5.32 Å². The number of sulfonamides is 1. The van der Waals surface area contributed by atoms with Crippen LogP contribution >= 0.6 is 23.4 Å². The molecule has 2 rings (SSSR count). The molecular formula is C18H19ClN2O5S2. The topological polar surface area (TPSA) is 92.8 Å². The predicted octanol–water partition coefficient (Wildman–Crippen LogP) is 3.11. The summed E-state index contributed by atoms with van der Waals surface area (Å²) in [5.41, 5.74) is 0.391. The van der Waals surface area contributed by atoms with E-state index in [9.17, 15) is 18.0 Å². The second kappa shape index (κ2) is 9.42. The van der Waals surface area contributed by atoms with Gasteiger partial charge in [0.15, 0.2) is 0 Å². The average Bonchev–Trinajstić information content (AvgIpc) is 2.68. The van der Waals surface area contributed by atoms with Gasteiger partial charge < -0.3 is 10.1 Å². The average molecular weight is 443 g/mol. The summed E-state index contributed by atoms with van der Waals surface area (Å²) in [7, 11) is -1.28. The van der Waals surface area contributed by atoms with Gasteiger partial charge in [-0.05, 0) is 48.7 Å². The van der Waals surface area contributed by atoms with Gasteiger partial charge in [-0.15, -0.1) is 11.8 Å². The van der Waals surface area contributed by atoms with Gasteiger partial charge in [0.25, 0.3) is 0 Å². The normalized spacial score (nSPS) is 11.3. The quantitative estimate of drug-likeness (QED) is 0.523. The highest BCUT2D eigenvalue weighted by Crippen LogP contribution is 2.22. The lowest BCUT2D eigenvalue weighted by atomic mass is 10.2. The molecule has 0 radical (unpaired) electrons. The molecule has 150 valence electrons. The number of likely N-dealkylation sites (N-methyl/N-ethyl adjacent to an activating group) is 1. The molecule has 0 saturated heterocycles. The van der Waals surface area contributed by atoms with Crippen LogP contribution in [0.25, 0.3) is 0 Å². The smallest absolute Gasteiger partial charge is 0.339 e. The van der Waals surface area contributed by atoms with E-state index in [-0.39, 0.29) is 15.5 Å². The molecular weight excluding hydrogens is 424 g/mol. The van der Waals surface area contributed by atoms with Gasteiger partial charge in [-0.25, -0.2) is 13.2 Å². The molecule has 0 aromatic heterocycles. The van der Waals surface area contributed by atoms with E-state index in [0.717, 1.165) is 9.20 Å². The molecule has 2 aromatic carbocycles. The fraction of sp³-hybridized carbons (Fsp3) is 0.222. The van der Waals surface area contributed by atoms with Crippen molar-refractivity contribution in [3.63, 3.8) is 0 Å². The van der Waals surface area contributed by atoms with Gasteiger partial charge in [0.05, 0.1) is 29.1 Å². The molecule has 0 saturated carbocycles. The molecule has 0 heterocycles. The molecule has 0 bridgehead atoms. The number of benzene rings is 2. The summed E-state index contributed by atoms with van der Waals surface area (Å²) in [5.74, 6) is -1.21. The van der Waals surface area contributed by atoms with Crippen molar-refractivity contribution in [2.24, 2.45) is 0 Å². The molecule has 28 heavy (non-hydrogen) atoms. The Balaban J connectivity index is 2.10. The van der Waals surface area contributed by atoms with Gasteiger partial charge in [0.2, 0.25) is 15.9 Å². The van der Waals surface area contributed by atoms with Gasteiger partial charge in [0.1, 0.15) is 0 Å². The van der Waals surface area contributed by atoms with Crippen molar-refractivity contribution in [2.45, 2.75) is 9.79 Å². The van der Waals surface area contributed by atoms with E-state index in [1.807, 2.05) is 6.26 Å². The van der Waals surface area contributed by atoms with Gasteiger partial charge in [0, 0.05) is 17.6 Å². The van der Waals surface area contributed by atoms with Crippen LogP contribution in [0.2, 0.25) is 5.02 Å². The maximum atomic E-state index is 12.6. The lowest BCUT2D eigenvalue weighted by Gasteiger charge is -2.17. The van der Waals surface area contributed by atoms with E-state index in [1.54, 1.807) is 12.1 Å². The second-order valence-electron chi connectivity index (χ2n) is 5.67. The Morgan fingerprint density at radius 3 is 2.39 bits per heavy atom. The summed E-state index contributed by atoms with van der Waals surface area (Å²) < 4.78 is 30.8. The van der Waals surface area contributed by atoms with Crippen LogP contribution in [0, 0.1) is 0 Å². The third-order valence-electron chi connectivity index (χ3n) is 3.79. The molecule has 0 spiro atoms. The minimum atomic E-state index is -3.82. The lowest BCUT2D eigenvalue weighted by molar-refractivity contribution is -0.116. The van der Waals surface area contributed by atoms with Crippen LogP contribution in [0.1, 0.15) is 10.4 Å². The van der Waals surface area contributed by atoms with Crippen molar-refractivity contribution >= 4 is 50.9 Å². The zero-order chi connectivity index (χ0) is 20.9. The number of carbonyl (C=O) groups is 2. The SMILES string of the molecule is COC(=O)c1cc(NC(=O)CN(C)S(=O)(=O)c2ccc(SC)cc2)ccc1Cl. The first-order chi connectivity index (χ1) is 13.2. The first kappa shape index (κ1) is 22.2. The molecule has 0 aliphatic rings. The number of nitrogens with zero attached hydrogens (tertiary/aromatic N) is 1. The largest absolute Gasteiger partial charge is 0.465 e. The van der Waals surface area contributed by atoms with E-state index in [2.05, 4.69) is 10.1 Å². The number of halogens is 1. The molecule has 2 aromatic rings. The van der Waals surface area contributed by atoms with Gasteiger partial charge in [-0.1, -0.05) is 11.6 Å². The Bertz CT molecular complexity index is 978. The minimum absolute atomic E-state index is 0.0943. The molecule has 0 fully saturated rings. The van der Waals surface area contributed by atoms with Crippen molar-refractivity contribution < 1.29 is 22.7 Å². The van der Waals surface area contributed by atoms with Crippen LogP contribution in [-0.2, 0) is 19.6 Å². The summed E-state index contributed by atoms with van der Waals surface area (Å²) in [6.45, 7) is -0.400. The number of ether oxygens (including phenoxy) is 1. The maximum Gasteiger partial charge on any atom is 0.339 e. The molecule has 0 atom stereocenters. The number of hydrogen-bond acceptors (Lipinski definition) is 6. The summed E-state index contributed by atoms with van der Waals surface area (Å²) in [4.78, 5) is 25.0. The Morgan fingerprint density at radius 2 is 1.82 bits per heavy atom. The first-order valence-corrected chi connectivity index (χ1v) is 11.0. The van der Waals surface area contributed by atoms with Crippen LogP contribution in [0.3, 0.4) is 0 Å². The number of amides is 1. The zero-order valence-electron chi connectivity index (χ0n) is 15.4. The van der Waals surface area contributed by atoms with E-state index >= 15 is 0 Å². The Hall–Kier alpha value is -2.07. The maximum absolute atomic E-state index is 12.6. The van der Waals surface area contributed by atoms with Crippen molar-refractivity contribution in [2.75, 3.05) is 32.3 Å². The Morgan fingerprint density at radius 1 is 1.18 bits per heavy atom. The number of methoxy groups -OCH3 is 1. The highest BCUT2D eigenvalue weighted by Gasteiger charge is 2.23. The van der Waals surface area contributed by atoms with Crippen LogP contribution in [0.4, 0.5) is 5.69 Å². The van der Waals surface area contributed by atoms with E-state index in [0.29, 0.717) is 5.69 Å². The summed E-state index contributed by atoms with van der Waals surface area (Å²) in [6.07, 6.45) is 1.89. The fourth-order valence-electron chi connectivity index (χ4n) is 2.28. The van der Waals surface area contributed by atoms with Gasteiger partial charge in [-0.3, -0.25) is 4.79 Å². The standard InChI is InChI=1S/C18H19ClN2O5S2/c1-21(28(24,25)14-7-5-13(27-3)6-8-14)11-17(22)20-12-4-9-16(19)15(10-12)18(23)26-2/h4-10H,11H2,1-3H3,(H,20,22). The molecule has 0 unspecified atom stereocenters. The first-order valence-electron chi connectivity index (χ1n) is 7.97. The number of hydrogen-bond donors (Lipinski definition) is 1. The van der Waals surface area contributed by atoms with Crippen LogP contribution in [0.15, 0.2) is 52.3 Å². The molecule has 10 heteroatoms. The third kappa shape index (κ3) is 5.26. The number of anilines is 1. The lowest BCUT2D eigenvalue weighted by Crippen LogP contribution is -2.35. The number of nitrogens with one attached hydrogen (secondary N) is 1. The summed E-state index contributed by atoms with van der Waals surface area (Å²) in [5, 5.41) is 2.73. The Labute approximate surface area is 173 Å². The highest BCUT2D eigenvalue weighted by atomic mass is 35.5. The second-order valence-corrected chi connectivity index (χ2v) is 9.00. The minimum Gasteiger partial charge on any atom is -0.465 e. The molecule has 1 amide bonds. The Kier molecular flexibility index (Phi) is 7.48. The predicted molar refractivity (Wildman–Crippen MR) is 109 cm³/mol. The van der Waals surface area contributed by atoms with Gasteiger partial charge >= 0.3 is 5.97 Å². The molecule has 0 aliphatic heterocycles. The van der Waals surface area contributed by atoms with E-state index in [1.165, 1.54) is 56.3 Å². The molecule has 7 nitrogen and oxygen atoms in total. The highest BCUT2D eigenvalue weighted by molar-refractivity contribution is 7.98. The fourth-order valence-corrected chi connectivity index (χ4v) is 4.01. The number of thioether (sulfide) groups is 1. The number of carbonyl (C=O) groups excluding carboxylic acids is 2. The van der Waals surface area contributed by atoms with Crippen LogP contribution in [-0.4, -0.2) is 51.6 Å². The monoisotopic (exact) mass is 442 g/mol. The van der Waals surface area contributed by atoms with Crippen molar-refractivity contribution in [1.29, 1.82) is 0 Å².